The van der Waals surface area contributed by atoms with Gasteiger partial charge in [0.1, 0.15) is 6.61 Å². The standard InChI is InChI=1S/C13H15FN2O3/c1-3-10-11(19-5-4-17)13(18)16-7-8(2)6-9(14)12(16)15-10/h6-7,17H,3-5H2,1-2H3. The number of aromatic nitrogens is 2. The maximum absolute atomic E-state index is 13.8. The summed E-state index contributed by atoms with van der Waals surface area (Å²) in [6, 6.07) is 1.33. The average molecular weight is 266 g/mol. The Balaban J connectivity index is 2.75. The first kappa shape index (κ1) is 13.5. The molecule has 2 aromatic rings. The van der Waals surface area contributed by atoms with E-state index in [9.17, 15) is 9.18 Å². The van der Waals surface area contributed by atoms with Gasteiger partial charge in [0.05, 0.1) is 12.3 Å². The number of pyridine rings is 1. The molecule has 6 heteroatoms. The van der Waals surface area contributed by atoms with Crippen LogP contribution in [0.15, 0.2) is 17.1 Å². The van der Waals surface area contributed by atoms with Gasteiger partial charge in [-0.15, -0.1) is 0 Å². The van der Waals surface area contributed by atoms with Crippen LogP contribution in [-0.2, 0) is 6.42 Å². The summed E-state index contributed by atoms with van der Waals surface area (Å²) in [5.41, 5.74) is 0.536. The van der Waals surface area contributed by atoms with Crippen molar-refractivity contribution in [1.29, 1.82) is 0 Å². The molecule has 5 nitrogen and oxygen atoms in total. The van der Waals surface area contributed by atoms with E-state index in [0.29, 0.717) is 17.7 Å². The van der Waals surface area contributed by atoms with Crippen LogP contribution in [0, 0.1) is 12.7 Å². The number of aryl methyl sites for hydroxylation is 2. The molecule has 19 heavy (non-hydrogen) atoms. The Morgan fingerprint density at radius 3 is 2.89 bits per heavy atom. The lowest BCUT2D eigenvalue weighted by Gasteiger charge is -2.11. The van der Waals surface area contributed by atoms with Gasteiger partial charge >= 0.3 is 5.56 Å². The maximum atomic E-state index is 13.8. The Labute approximate surface area is 109 Å². The van der Waals surface area contributed by atoms with Crippen molar-refractivity contribution < 1.29 is 14.2 Å². The lowest BCUT2D eigenvalue weighted by atomic mass is 10.2. The molecule has 0 saturated heterocycles. The Kier molecular flexibility index (Phi) is 3.80. The summed E-state index contributed by atoms with van der Waals surface area (Å²) >= 11 is 0. The minimum atomic E-state index is -0.541. The van der Waals surface area contributed by atoms with Gasteiger partial charge in [0, 0.05) is 6.20 Å². The van der Waals surface area contributed by atoms with Gasteiger partial charge in [0.25, 0.3) is 0 Å². The van der Waals surface area contributed by atoms with E-state index in [-0.39, 0.29) is 24.6 Å². The van der Waals surface area contributed by atoms with Gasteiger partial charge < -0.3 is 9.84 Å². The smallest absolute Gasteiger partial charge is 0.300 e. The van der Waals surface area contributed by atoms with Crippen LogP contribution < -0.4 is 10.3 Å². The van der Waals surface area contributed by atoms with Gasteiger partial charge in [0.15, 0.2) is 11.5 Å². The molecule has 0 atom stereocenters. The minimum absolute atomic E-state index is 0.00425. The Bertz CT molecular complexity index is 667. The average Bonchev–Trinajstić information content (AvgIpc) is 2.38. The van der Waals surface area contributed by atoms with E-state index in [2.05, 4.69) is 4.98 Å². The highest BCUT2D eigenvalue weighted by atomic mass is 19.1. The van der Waals surface area contributed by atoms with Gasteiger partial charge in [-0.25, -0.2) is 9.37 Å². The molecule has 2 rings (SSSR count). The molecule has 0 fully saturated rings. The summed E-state index contributed by atoms with van der Waals surface area (Å²) in [6.07, 6.45) is 1.96. The number of rotatable bonds is 4. The van der Waals surface area contributed by atoms with Crippen molar-refractivity contribution in [3.05, 3.63) is 39.7 Å². The molecule has 0 amide bonds. The van der Waals surface area contributed by atoms with E-state index in [4.69, 9.17) is 9.84 Å². The molecule has 0 spiro atoms. The van der Waals surface area contributed by atoms with Crippen LogP contribution in [0.4, 0.5) is 4.39 Å². The topological polar surface area (TPSA) is 63.8 Å². The molecule has 0 aromatic carbocycles. The summed E-state index contributed by atoms with van der Waals surface area (Å²) in [5, 5.41) is 8.77. The number of halogens is 1. The van der Waals surface area contributed by atoms with E-state index < -0.39 is 11.4 Å². The summed E-state index contributed by atoms with van der Waals surface area (Å²) < 4.78 is 20.2. The highest BCUT2D eigenvalue weighted by Crippen LogP contribution is 2.16. The van der Waals surface area contributed by atoms with Gasteiger partial charge in [-0.05, 0) is 25.0 Å². The van der Waals surface area contributed by atoms with Crippen molar-refractivity contribution in [3.63, 3.8) is 0 Å². The predicted octanol–water partition coefficient (Wildman–Crippen LogP) is 1.08. The molecule has 0 aliphatic rings. The second-order valence-corrected chi connectivity index (χ2v) is 4.18. The fourth-order valence-corrected chi connectivity index (χ4v) is 1.89. The quantitative estimate of drug-likeness (QED) is 0.899. The molecule has 0 aliphatic heterocycles. The van der Waals surface area contributed by atoms with Crippen LogP contribution in [0.2, 0.25) is 0 Å². The summed E-state index contributed by atoms with van der Waals surface area (Å²) in [7, 11) is 0. The van der Waals surface area contributed by atoms with Gasteiger partial charge in [-0.1, -0.05) is 6.92 Å². The second-order valence-electron chi connectivity index (χ2n) is 4.18. The molecule has 102 valence electrons. The van der Waals surface area contributed by atoms with Gasteiger partial charge in [-0.2, -0.15) is 0 Å². The molecular weight excluding hydrogens is 251 g/mol. The van der Waals surface area contributed by atoms with Crippen molar-refractivity contribution >= 4 is 5.65 Å². The summed E-state index contributed by atoms with van der Waals surface area (Å²) in [4.78, 5) is 16.4. The Morgan fingerprint density at radius 1 is 1.53 bits per heavy atom. The third kappa shape index (κ3) is 2.44. The van der Waals surface area contributed by atoms with Crippen molar-refractivity contribution in [2.24, 2.45) is 0 Å². The zero-order valence-corrected chi connectivity index (χ0v) is 10.8. The van der Waals surface area contributed by atoms with Crippen molar-refractivity contribution in [2.75, 3.05) is 13.2 Å². The molecule has 0 radical (unpaired) electrons. The minimum Gasteiger partial charge on any atom is -0.484 e. The van der Waals surface area contributed by atoms with Crippen LogP contribution in [0.5, 0.6) is 5.75 Å². The van der Waals surface area contributed by atoms with E-state index in [1.54, 1.807) is 13.8 Å². The zero-order valence-electron chi connectivity index (χ0n) is 10.8. The van der Waals surface area contributed by atoms with Crippen LogP contribution >= 0.6 is 0 Å². The number of fused-ring (bicyclic) bond motifs is 1. The number of aliphatic hydroxyl groups excluding tert-OH is 1. The van der Waals surface area contributed by atoms with Crippen molar-refractivity contribution in [1.82, 2.24) is 9.38 Å². The first-order valence-corrected chi connectivity index (χ1v) is 6.03. The third-order valence-corrected chi connectivity index (χ3v) is 2.72. The van der Waals surface area contributed by atoms with Gasteiger partial charge in [-0.3, -0.25) is 9.20 Å². The first-order valence-electron chi connectivity index (χ1n) is 6.03. The lowest BCUT2D eigenvalue weighted by Crippen LogP contribution is -2.22. The van der Waals surface area contributed by atoms with Crippen molar-refractivity contribution in [2.45, 2.75) is 20.3 Å². The highest BCUT2D eigenvalue weighted by Gasteiger charge is 2.15. The van der Waals surface area contributed by atoms with Crippen LogP contribution in [0.3, 0.4) is 0 Å². The fourth-order valence-electron chi connectivity index (χ4n) is 1.89. The number of hydrogen-bond donors (Lipinski definition) is 1. The molecule has 0 bridgehead atoms. The summed E-state index contributed by atoms with van der Waals surface area (Å²) in [5.74, 6) is -0.473. The van der Waals surface area contributed by atoms with Crippen LogP contribution in [0.25, 0.3) is 5.65 Å². The monoisotopic (exact) mass is 266 g/mol. The van der Waals surface area contributed by atoms with Crippen LogP contribution in [-0.4, -0.2) is 27.7 Å². The Morgan fingerprint density at radius 2 is 2.26 bits per heavy atom. The van der Waals surface area contributed by atoms with Gasteiger partial charge in [0.2, 0.25) is 5.75 Å². The molecule has 1 N–H and O–H groups in total. The second kappa shape index (κ2) is 5.36. The summed E-state index contributed by atoms with van der Waals surface area (Å²) in [6.45, 7) is 3.30. The number of nitrogens with zero attached hydrogens (tertiary/aromatic N) is 2. The Hall–Kier alpha value is -1.95. The van der Waals surface area contributed by atoms with E-state index in [1.165, 1.54) is 12.3 Å². The molecule has 0 unspecified atom stereocenters. The van der Waals surface area contributed by atoms with E-state index >= 15 is 0 Å². The van der Waals surface area contributed by atoms with Crippen molar-refractivity contribution in [3.8, 4) is 5.75 Å². The first-order chi connectivity index (χ1) is 9.08. The predicted molar refractivity (Wildman–Crippen MR) is 68.1 cm³/mol. The normalized spacial score (nSPS) is 10.9. The molecule has 0 aliphatic carbocycles. The fraction of sp³-hybridized carbons (Fsp3) is 0.385. The highest BCUT2D eigenvalue weighted by molar-refractivity contribution is 5.45. The van der Waals surface area contributed by atoms with E-state index in [0.717, 1.165) is 4.40 Å². The number of aliphatic hydroxyl groups is 1. The molecule has 2 heterocycles. The number of ether oxygens (including phenoxy) is 1. The third-order valence-electron chi connectivity index (χ3n) is 2.72. The maximum Gasteiger partial charge on any atom is 0.300 e. The molecular formula is C13H15FN2O3. The SMILES string of the molecule is CCc1nc2c(F)cc(C)cn2c(=O)c1OCCO. The zero-order chi connectivity index (χ0) is 14.0. The lowest BCUT2D eigenvalue weighted by molar-refractivity contribution is 0.198. The molecule has 0 saturated carbocycles. The van der Waals surface area contributed by atoms with E-state index in [1.807, 2.05) is 0 Å². The number of hydrogen-bond acceptors (Lipinski definition) is 4. The largest absolute Gasteiger partial charge is 0.484 e. The van der Waals surface area contributed by atoms with Crippen LogP contribution in [0.1, 0.15) is 18.2 Å². The molecule has 2 aromatic heterocycles.